The van der Waals surface area contributed by atoms with Gasteiger partial charge in [0.05, 0.1) is 13.2 Å². The third kappa shape index (κ3) is 3.65. The average Bonchev–Trinajstić information content (AvgIpc) is 2.80. The van der Waals surface area contributed by atoms with Gasteiger partial charge in [0.2, 0.25) is 0 Å². The first kappa shape index (κ1) is 20.0. The number of methoxy groups -OCH3 is 1. The van der Waals surface area contributed by atoms with Gasteiger partial charge in [-0.05, 0) is 54.4 Å². The van der Waals surface area contributed by atoms with Crippen molar-refractivity contribution in [2.75, 3.05) is 17.3 Å². The van der Waals surface area contributed by atoms with Gasteiger partial charge in [-0.3, -0.25) is 4.79 Å². The molecule has 3 aromatic carbocycles. The topological polar surface area (TPSA) is 41.6 Å². The molecule has 1 aliphatic heterocycles. The van der Waals surface area contributed by atoms with E-state index in [0.29, 0.717) is 5.56 Å². The van der Waals surface area contributed by atoms with Crippen molar-refractivity contribution in [1.82, 2.24) is 0 Å². The van der Waals surface area contributed by atoms with Crippen LogP contribution in [-0.2, 0) is 0 Å². The maximum atomic E-state index is 13.6. The van der Waals surface area contributed by atoms with Crippen LogP contribution in [0.1, 0.15) is 42.2 Å². The smallest absolute Gasteiger partial charge is 0.258 e. The van der Waals surface area contributed by atoms with Gasteiger partial charge in [-0.25, -0.2) is 0 Å². The Morgan fingerprint density at radius 1 is 0.967 bits per heavy atom. The predicted molar refractivity (Wildman–Crippen MR) is 122 cm³/mol. The van der Waals surface area contributed by atoms with Crippen molar-refractivity contribution in [2.45, 2.75) is 32.4 Å². The number of hydrogen-bond donors (Lipinski definition) is 1. The Labute approximate surface area is 178 Å². The number of fused-ring (bicyclic) bond motifs is 1. The minimum Gasteiger partial charge on any atom is -0.497 e. The number of amides is 1. The van der Waals surface area contributed by atoms with Gasteiger partial charge in [-0.2, -0.15) is 0 Å². The zero-order chi connectivity index (χ0) is 21.1. The van der Waals surface area contributed by atoms with Crippen molar-refractivity contribution in [3.63, 3.8) is 0 Å². The molecule has 4 nitrogen and oxygen atoms in total. The first-order chi connectivity index (χ1) is 14.6. The van der Waals surface area contributed by atoms with Crippen molar-refractivity contribution in [3.8, 4) is 5.75 Å². The fraction of sp³-hybridized carbons (Fsp3) is 0.269. The summed E-state index contributed by atoms with van der Waals surface area (Å²) < 4.78 is 5.25. The Kier molecular flexibility index (Phi) is 5.75. The van der Waals surface area contributed by atoms with Gasteiger partial charge in [-0.1, -0.05) is 50.2 Å². The Balaban J connectivity index is 1.74. The van der Waals surface area contributed by atoms with E-state index >= 15 is 0 Å². The Hall–Kier alpha value is -3.27. The first-order valence-electron chi connectivity index (χ1n) is 10.5. The first-order valence-corrected chi connectivity index (χ1v) is 10.5. The monoisotopic (exact) mass is 400 g/mol. The lowest BCUT2D eigenvalue weighted by Gasteiger charge is -2.45. The molecule has 1 heterocycles. The van der Waals surface area contributed by atoms with E-state index in [2.05, 4.69) is 43.4 Å². The van der Waals surface area contributed by atoms with Crippen molar-refractivity contribution in [3.05, 3.63) is 90.0 Å². The standard InChI is InChI=1S/C26H28N2O2/c1-4-23-18(2)25(27-20-10-6-5-7-11-20)22-12-8-9-13-24(22)28(23)26(29)19-14-16-21(30-3)17-15-19/h5-18,23,25,27H,4H2,1-3H3/t18-,23+,25+/m1/s1. The molecule has 0 unspecified atom stereocenters. The number of anilines is 2. The summed E-state index contributed by atoms with van der Waals surface area (Å²) in [5.74, 6) is 1.02. The third-order valence-electron chi connectivity index (χ3n) is 6.07. The van der Waals surface area contributed by atoms with Crippen LogP contribution >= 0.6 is 0 Å². The lowest BCUT2D eigenvalue weighted by atomic mass is 9.80. The number of hydrogen-bond acceptors (Lipinski definition) is 3. The van der Waals surface area contributed by atoms with Crippen molar-refractivity contribution < 1.29 is 9.53 Å². The van der Waals surface area contributed by atoms with Gasteiger partial charge in [0.15, 0.2) is 0 Å². The van der Waals surface area contributed by atoms with E-state index in [-0.39, 0.29) is 23.9 Å². The van der Waals surface area contributed by atoms with Gasteiger partial charge in [0.25, 0.3) is 5.91 Å². The molecule has 0 spiro atoms. The second kappa shape index (κ2) is 8.62. The van der Waals surface area contributed by atoms with Gasteiger partial charge < -0.3 is 15.0 Å². The largest absolute Gasteiger partial charge is 0.497 e. The molecule has 30 heavy (non-hydrogen) atoms. The number of carbonyl (C=O) groups is 1. The number of carbonyl (C=O) groups excluding carboxylic acids is 1. The van der Waals surface area contributed by atoms with Crippen LogP contribution in [-0.4, -0.2) is 19.1 Å². The number of benzene rings is 3. The summed E-state index contributed by atoms with van der Waals surface area (Å²) in [6.45, 7) is 4.39. The summed E-state index contributed by atoms with van der Waals surface area (Å²) in [5, 5.41) is 3.71. The second-order valence-electron chi connectivity index (χ2n) is 7.79. The predicted octanol–water partition coefficient (Wildman–Crippen LogP) is 5.92. The van der Waals surface area contributed by atoms with E-state index in [1.165, 1.54) is 0 Å². The van der Waals surface area contributed by atoms with E-state index < -0.39 is 0 Å². The van der Waals surface area contributed by atoms with E-state index in [1.807, 2.05) is 59.5 Å². The average molecular weight is 401 g/mol. The van der Waals surface area contributed by atoms with Crippen LogP contribution in [0.15, 0.2) is 78.9 Å². The van der Waals surface area contributed by atoms with Crippen LogP contribution in [0.5, 0.6) is 5.75 Å². The molecule has 0 saturated heterocycles. The summed E-state index contributed by atoms with van der Waals surface area (Å²) >= 11 is 0. The summed E-state index contributed by atoms with van der Waals surface area (Å²) in [6, 6.07) is 26.1. The molecule has 4 rings (SSSR count). The zero-order valence-electron chi connectivity index (χ0n) is 17.7. The van der Waals surface area contributed by atoms with E-state index in [9.17, 15) is 4.79 Å². The highest BCUT2D eigenvalue weighted by Crippen LogP contribution is 2.44. The minimum atomic E-state index is 0.0296. The van der Waals surface area contributed by atoms with Crippen LogP contribution in [0, 0.1) is 5.92 Å². The van der Waals surface area contributed by atoms with Crippen LogP contribution < -0.4 is 15.0 Å². The minimum absolute atomic E-state index is 0.0296. The Morgan fingerprint density at radius 3 is 2.30 bits per heavy atom. The zero-order valence-corrected chi connectivity index (χ0v) is 17.7. The molecule has 1 N–H and O–H groups in total. The fourth-order valence-corrected chi connectivity index (χ4v) is 4.50. The molecule has 0 bridgehead atoms. The van der Waals surface area contributed by atoms with Gasteiger partial charge >= 0.3 is 0 Å². The lowest BCUT2D eigenvalue weighted by Crippen LogP contribution is -2.50. The van der Waals surface area contributed by atoms with E-state index in [0.717, 1.165) is 29.1 Å². The van der Waals surface area contributed by atoms with Crippen molar-refractivity contribution >= 4 is 17.3 Å². The molecular weight excluding hydrogens is 372 g/mol. The van der Waals surface area contributed by atoms with E-state index in [1.54, 1.807) is 7.11 Å². The maximum Gasteiger partial charge on any atom is 0.258 e. The highest BCUT2D eigenvalue weighted by atomic mass is 16.5. The molecule has 0 aliphatic carbocycles. The number of ether oxygens (including phenoxy) is 1. The van der Waals surface area contributed by atoms with Gasteiger partial charge in [0, 0.05) is 28.9 Å². The summed E-state index contributed by atoms with van der Waals surface area (Å²) in [7, 11) is 1.63. The number of rotatable bonds is 5. The molecule has 0 radical (unpaired) electrons. The summed E-state index contributed by atoms with van der Waals surface area (Å²) in [6.07, 6.45) is 0.879. The number of para-hydroxylation sites is 2. The quantitative estimate of drug-likeness (QED) is 0.578. The Bertz CT molecular complexity index is 1000. The highest BCUT2D eigenvalue weighted by Gasteiger charge is 2.40. The maximum absolute atomic E-state index is 13.6. The van der Waals surface area contributed by atoms with Gasteiger partial charge in [0.1, 0.15) is 5.75 Å². The van der Waals surface area contributed by atoms with Gasteiger partial charge in [-0.15, -0.1) is 0 Å². The third-order valence-corrected chi connectivity index (χ3v) is 6.07. The molecule has 0 saturated carbocycles. The second-order valence-corrected chi connectivity index (χ2v) is 7.79. The molecule has 1 amide bonds. The normalized spacial score (nSPS) is 20.4. The molecular formula is C26H28N2O2. The molecule has 1 aliphatic rings. The SMILES string of the molecule is CC[C@H]1[C@@H](C)[C@H](Nc2ccccc2)c2ccccc2N1C(=O)c1ccc(OC)cc1. The molecule has 3 atom stereocenters. The summed E-state index contributed by atoms with van der Waals surface area (Å²) in [5.41, 5.74) is 3.90. The van der Waals surface area contributed by atoms with Crippen LogP contribution in [0.3, 0.4) is 0 Å². The highest BCUT2D eigenvalue weighted by molar-refractivity contribution is 6.07. The van der Waals surface area contributed by atoms with E-state index in [4.69, 9.17) is 4.74 Å². The number of nitrogens with one attached hydrogen (secondary N) is 1. The van der Waals surface area contributed by atoms with Crippen molar-refractivity contribution in [2.24, 2.45) is 5.92 Å². The molecule has 0 aromatic heterocycles. The molecule has 0 fully saturated rings. The molecule has 3 aromatic rings. The van der Waals surface area contributed by atoms with Crippen LogP contribution in [0.2, 0.25) is 0 Å². The summed E-state index contributed by atoms with van der Waals surface area (Å²) in [4.78, 5) is 15.6. The molecule has 154 valence electrons. The van der Waals surface area contributed by atoms with Crippen molar-refractivity contribution in [1.29, 1.82) is 0 Å². The molecule has 4 heteroatoms. The lowest BCUT2D eigenvalue weighted by molar-refractivity contribution is 0.0960. The fourth-order valence-electron chi connectivity index (χ4n) is 4.50. The Morgan fingerprint density at radius 2 is 1.63 bits per heavy atom. The van der Waals surface area contributed by atoms with Crippen LogP contribution in [0.25, 0.3) is 0 Å². The number of nitrogens with zero attached hydrogens (tertiary/aromatic N) is 1. The van der Waals surface area contributed by atoms with Crippen LogP contribution in [0.4, 0.5) is 11.4 Å².